The van der Waals surface area contributed by atoms with Crippen molar-refractivity contribution in [3.8, 4) is 0 Å². The zero-order valence-corrected chi connectivity index (χ0v) is 12.2. The molecule has 1 nitrogen and oxygen atoms in total. The van der Waals surface area contributed by atoms with Crippen LogP contribution in [-0.2, 0) is 0 Å². The van der Waals surface area contributed by atoms with E-state index in [1.807, 2.05) is 11.3 Å². The maximum atomic E-state index is 3.89. The standard InChI is InChI=1S/C17H21NS/c1-2-15(13-10-11-13)18-17(16-9-6-12-19-16)14-7-4-3-5-8-14/h3-9,12-13,15,17-18H,2,10-11H2,1H3. The minimum absolute atomic E-state index is 0.353. The van der Waals surface area contributed by atoms with Gasteiger partial charge in [0.2, 0.25) is 0 Å². The Kier molecular flexibility index (Phi) is 4.00. The number of hydrogen-bond donors (Lipinski definition) is 1. The molecule has 0 bridgehead atoms. The Labute approximate surface area is 119 Å². The molecule has 2 aromatic rings. The molecule has 19 heavy (non-hydrogen) atoms. The summed E-state index contributed by atoms with van der Waals surface area (Å²) < 4.78 is 0. The molecule has 0 radical (unpaired) electrons. The fraction of sp³-hybridized carbons (Fsp3) is 0.412. The third kappa shape index (κ3) is 3.07. The first-order valence-corrected chi connectivity index (χ1v) is 8.11. The van der Waals surface area contributed by atoms with Gasteiger partial charge in [0, 0.05) is 10.9 Å². The number of nitrogens with one attached hydrogen (secondary N) is 1. The molecule has 0 saturated heterocycles. The van der Waals surface area contributed by atoms with Crippen LogP contribution in [0.5, 0.6) is 0 Å². The third-order valence-corrected chi connectivity index (χ3v) is 4.91. The van der Waals surface area contributed by atoms with E-state index < -0.39 is 0 Å². The number of hydrogen-bond acceptors (Lipinski definition) is 2. The predicted octanol–water partition coefficient (Wildman–Crippen LogP) is 4.62. The summed E-state index contributed by atoms with van der Waals surface area (Å²) in [6.07, 6.45) is 4.02. The van der Waals surface area contributed by atoms with Gasteiger partial charge in [-0.15, -0.1) is 11.3 Å². The molecule has 1 aliphatic carbocycles. The molecule has 1 aromatic carbocycles. The fourth-order valence-corrected chi connectivity index (χ4v) is 3.56. The van der Waals surface area contributed by atoms with Gasteiger partial charge in [0.05, 0.1) is 6.04 Å². The van der Waals surface area contributed by atoms with Crippen molar-refractivity contribution < 1.29 is 0 Å². The highest BCUT2D eigenvalue weighted by Gasteiger charge is 2.32. The Bertz CT molecular complexity index is 487. The van der Waals surface area contributed by atoms with Crippen molar-refractivity contribution in [1.82, 2.24) is 5.32 Å². The van der Waals surface area contributed by atoms with Crippen LogP contribution in [0.3, 0.4) is 0 Å². The van der Waals surface area contributed by atoms with Crippen molar-refractivity contribution in [2.24, 2.45) is 5.92 Å². The molecular weight excluding hydrogens is 250 g/mol. The summed E-state index contributed by atoms with van der Waals surface area (Å²) >= 11 is 1.85. The summed E-state index contributed by atoms with van der Waals surface area (Å²) in [6, 6.07) is 16.2. The van der Waals surface area contributed by atoms with E-state index in [0.717, 1.165) is 5.92 Å². The monoisotopic (exact) mass is 271 g/mol. The summed E-state index contributed by atoms with van der Waals surface area (Å²) in [5.41, 5.74) is 1.38. The van der Waals surface area contributed by atoms with E-state index in [-0.39, 0.29) is 0 Å². The van der Waals surface area contributed by atoms with Crippen molar-refractivity contribution >= 4 is 11.3 Å². The average Bonchev–Trinajstić information content (AvgIpc) is 3.16. The quantitative estimate of drug-likeness (QED) is 0.808. The van der Waals surface area contributed by atoms with Gasteiger partial charge < -0.3 is 5.32 Å². The number of benzene rings is 1. The Morgan fingerprint density at radius 2 is 1.95 bits per heavy atom. The average molecular weight is 271 g/mol. The summed E-state index contributed by atoms with van der Waals surface area (Å²) in [5, 5.41) is 6.07. The smallest absolute Gasteiger partial charge is 0.0673 e. The van der Waals surface area contributed by atoms with Crippen LogP contribution in [0.2, 0.25) is 0 Å². The van der Waals surface area contributed by atoms with Crippen LogP contribution >= 0.6 is 11.3 Å². The highest BCUT2D eigenvalue weighted by atomic mass is 32.1. The Morgan fingerprint density at radius 1 is 1.16 bits per heavy atom. The van der Waals surface area contributed by atoms with Crippen molar-refractivity contribution in [3.05, 3.63) is 58.3 Å². The van der Waals surface area contributed by atoms with E-state index in [9.17, 15) is 0 Å². The zero-order chi connectivity index (χ0) is 13.1. The van der Waals surface area contributed by atoms with Gasteiger partial charge in [-0.25, -0.2) is 0 Å². The Hall–Kier alpha value is -1.12. The fourth-order valence-electron chi connectivity index (χ4n) is 2.74. The molecule has 1 aromatic heterocycles. The van der Waals surface area contributed by atoms with E-state index in [2.05, 4.69) is 60.1 Å². The van der Waals surface area contributed by atoms with Crippen molar-refractivity contribution in [2.45, 2.75) is 38.3 Å². The maximum Gasteiger partial charge on any atom is 0.0673 e. The molecule has 0 amide bonds. The van der Waals surface area contributed by atoms with Crippen LogP contribution in [0, 0.1) is 5.92 Å². The summed E-state index contributed by atoms with van der Waals surface area (Å²) in [5.74, 6) is 0.899. The molecule has 0 spiro atoms. The van der Waals surface area contributed by atoms with Crippen LogP contribution in [0.4, 0.5) is 0 Å². The van der Waals surface area contributed by atoms with Gasteiger partial charge in [0.25, 0.3) is 0 Å². The molecule has 1 fully saturated rings. The van der Waals surface area contributed by atoms with Crippen molar-refractivity contribution in [1.29, 1.82) is 0 Å². The lowest BCUT2D eigenvalue weighted by atomic mass is 10.0. The molecule has 1 heterocycles. The van der Waals surface area contributed by atoms with Gasteiger partial charge in [-0.2, -0.15) is 0 Å². The third-order valence-electron chi connectivity index (χ3n) is 3.97. The molecule has 0 aliphatic heterocycles. The lowest BCUT2D eigenvalue weighted by Gasteiger charge is -2.25. The van der Waals surface area contributed by atoms with Crippen molar-refractivity contribution in [3.63, 3.8) is 0 Å². The van der Waals surface area contributed by atoms with Crippen LogP contribution in [0.25, 0.3) is 0 Å². The number of rotatable bonds is 6. The second-order valence-corrected chi connectivity index (χ2v) is 6.36. The van der Waals surface area contributed by atoms with Gasteiger partial charge in [0.1, 0.15) is 0 Å². The van der Waals surface area contributed by atoms with E-state index in [1.165, 1.54) is 29.7 Å². The van der Waals surface area contributed by atoms with Crippen LogP contribution in [0.15, 0.2) is 47.8 Å². The molecule has 1 saturated carbocycles. The molecule has 3 rings (SSSR count). The molecule has 1 aliphatic rings. The summed E-state index contributed by atoms with van der Waals surface area (Å²) in [6.45, 7) is 2.30. The lowest BCUT2D eigenvalue weighted by Crippen LogP contribution is -2.34. The van der Waals surface area contributed by atoms with Gasteiger partial charge >= 0.3 is 0 Å². The van der Waals surface area contributed by atoms with E-state index in [1.54, 1.807) is 0 Å². The van der Waals surface area contributed by atoms with E-state index in [0.29, 0.717) is 12.1 Å². The van der Waals surface area contributed by atoms with E-state index >= 15 is 0 Å². The molecule has 2 atom stereocenters. The minimum Gasteiger partial charge on any atom is -0.303 e. The first-order chi connectivity index (χ1) is 9.38. The SMILES string of the molecule is CCC(NC(c1ccccc1)c1cccs1)C1CC1. The zero-order valence-electron chi connectivity index (χ0n) is 11.4. The molecule has 2 heteroatoms. The molecule has 1 N–H and O–H groups in total. The topological polar surface area (TPSA) is 12.0 Å². The highest BCUT2D eigenvalue weighted by molar-refractivity contribution is 7.10. The highest BCUT2D eigenvalue weighted by Crippen LogP contribution is 2.36. The first kappa shape index (κ1) is 12.9. The van der Waals surface area contributed by atoms with Crippen LogP contribution in [-0.4, -0.2) is 6.04 Å². The molecule has 100 valence electrons. The molecular formula is C17H21NS. The normalized spacial score (nSPS) is 18.2. The lowest BCUT2D eigenvalue weighted by molar-refractivity contribution is 0.420. The minimum atomic E-state index is 0.353. The van der Waals surface area contributed by atoms with Gasteiger partial charge in [0.15, 0.2) is 0 Å². The van der Waals surface area contributed by atoms with Gasteiger partial charge in [-0.1, -0.05) is 43.3 Å². The maximum absolute atomic E-state index is 3.89. The summed E-state index contributed by atoms with van der Waals surface area (Å²) in [7, 11) is 0. The largest absolute Gasteiger partial charge is 0.303 e. The van der Waals surface area contributed by atoms with E-state index in [4.69, 9.17) is 0 Å². The Balaban J connectivity index is 1.84. The summed E-state index contributed by atoms with van der Waals surface area (Å²) in [4.78, 5) is 1.42. The Morgan fingerprint density at radius 3 is 2.53 bits per heavy atom. The van der Waals surface area contributed by atoms with Crippen LogP contribution in [0.1, 0.15) is 42.7 Å². The second-order valence-electron chi connectivity index (χ2n) is 5.38. The first-order valence-electron chi connectivity index (χ1n) is 7.23. The van der Waals surface area contributed by atoms with Crippen molar-refractivity contribution in [2.75, 3.05) is 0 Å². The number of thiophene rings is 1. The van der Waals surface area contributed by atoms with Gasteiger partial charge in [-0.3, -0.25) is 0 Å². The predicted molar refractivity (Wildman–Crippen MR) is 82.5 cm³/mol. The second kappa shape index (κ2) is 5.89. The van der Waals surface area contributed by atoms with Crippen LogP contribution < -0.4 is 5.32 Å². The van der Waals surface area contributed by atoms with Gasteiger partial charge in [-0.05, 0) is 42.2 Å². The molecule has 2 unspecified atom stereocenters.